The summed E-state index contributed by atoms with van der Waals surface area (Å²) in [7, 11) is 0. The highest BCUT2D eigenvalue weighted by atomic mass is 16.1. The monoisotopic (exact) mass is 387 g/mol. The Labute approximate surface area is 170 Å². The minimum atomic E-state index is -0.223. The van der Waals surface area contributed by atoms with Crippen molar-refractivity contribution in [1.29, 1.82) is 0 Å². The normalized spacial score (nSPS) is 14.8. The smallest absolute Gasteiger partial charge is 0.245 e. The van der Waals surface area contributed by atoms with E-state index in [0.717, 1.165) is 35.4 Å². The molecule has 1 fully saturated rings. The lowest BCUT2D eigenvalue weighted by Gasteiger charge is -2.30. The van der Waals surface area contributed by atoms with E-state index >= 15 is 0 Å². The van der Waals surface area contributed by atoms with Gasteiger partial charge in [-0.2, -0.15) is 0 Å². The Morgan fingerprint density at radius 2 is 1.38 bits per heavy atom. The number of nitrogens with zero attached hydrogens (tertiary/aromatic N) is 4. The van der Waals surface area contributed by atoms with E-state index in [0.29, 0.717) is 19.0 Å². The SMILES string of the molecule is Cc1ccc(-c2nnc(N3CCC(C(N)=O)CC3)nc2-c2ccc(C)cc2)cc1. The van der Waals surface area contributed by atoms with Crippen molar-refractivity contribution in [2.75, 3.05) is 18.0 Å². The van der Waals surface area contributed by atoms with Gasteiger partial charge < -0.3 is 10.6 Å². The van der Waals surface area contributed by atoms with Crippen molar-refractivity contribution in [3.8, 4) is 22.5 Å². The van der Waals surface area contributed by atoms with Crippen LogP contribution in [0.2, 0.25) is 0 Å². The van der Waals surface area contributed by atoms with Crippen molar-refractivity contribution in [3.05, 3.63) is 59.7 Å². The first-order chi connectivity index (χ1) is 14.0. The average molecular weight is 387 g/mol. The van der Waals surface area contributed by atoms with Crippen molar-refractivity contribution >= 4 is 11.9 Å². The van der Waals surface area contributed by atoms with Crippen LogP contribution in [0, 0.1) is 19.8 Å². The predicted molar refractivity (Wildman–Crippen MR) is 114 cm³/mol. The van der Waals surface area contributed by atoms with Crippen molar-refractivity contribution in [2.24, 2.45) is 11.7 Å². The molecule has 29 heavy (non-hydrogen) atoms. The molecule has 0 aliphatic carbocycles. The van der Waals surface area contributed by atoms with Crippen LogP contribution in [0.1, 0.15) is 24.0 Å². The molecular weight excluding hydrogens is 362 g/mol. The van der Waals surface area contributed by atoms with Crippen LogP contribution in [0.25, 0.3) is 22.5 Å². The third-order valence-corrected chi connectivity index (χ3v) is 5.51. The minimum Gasteiger partial charge on any atom is -0.369 e. The Morgan fingerprint density at radius 3 is 1.90 bits per heavy atom. The van der Waals surface area contributed by atoms with Crippen molar-refractivity contribution in [2.45, 2.75) is 26.7 Å². The van der Waals surface area contributed by atoms with Gasteiger partial charge in [-0.3, -0.25) is 4.79 Å². The Balaban J connectivity index is 1.72. The maximum absolute atomic E-state index is 11.4. The number of aryl methyl sites for hydroxylation is 2. The molecule has 148 valence electrons. The van der Waals surface area contributed by atoms with E-state index in [1.54, 1.807) is 0 Å². The van der Waals surface area contributed by atoms with Crippen LogP contribution in [0.15, 0.2) is 48.5 Å². The molecule has 2 heterocycles. The third kappa shape index (κ3) is 4.11. The van der Waals surface area contributed by atoms with Gasteiger partial charge in [-0.15, -0.1) is 10.2 Å². The van der Waals surface area contributed by atoms with Gasteiger partial charge in [0.2, 0.25) is 11.9 Å². The van der Waals surface area contributed by atoms with Crippen LogP contribution < -0.4 is 10.6 Å². The highest BCUT2D eigenvalue weighted by Gasteiger charge is 2.25. The molecule has 1 amide bonds. The molecule has 4 rings (SSSR count). The molecule has 0 spiro atoms. The number of rotatable bonds is 4. The summed E-state index contributed by atoms with van der Waals surface area (Å²) in [6, 6.07) is 16.5. The van der Waals surface area contributed by atoms with Crippen LogP contribution in [0.5, 0.6) is 0 Å². The molecule has 3 aromatic rings. The number of piperidine rings is 1. The number of hydrogen-bond acceptors (Lipinski definition) is 5. The quantitative estimate of drug-likeness (QED) is 0.740. The summed E-state index contributed by atoms with van der Waals surface area (Å²) in [5, 5.41) is 8.98. The summed E-state index contributed by atoms with van der Waals surface area (Å²) in [5.41, 5.74) is 11.4. The molecule has 2 N–H and O–H groups in total. The second-order valence-electron chi connectivity index (χ2n) is 7.70. The van der Waals surface area contributed by atoms with Gasteiger partial charge in [0.1, 0.15) is 11.4 Å². The van der Waals surface area contributed by atoms with E-state index in [1.165, 1.54) is 11.1 Å². The van der Waals surface area contributed by atoms with E-state index in [2.05, 4.69) is 77.5 Å². The largest absolute Gasteiger partial charge is 0.369 e. The Bertz CT molecular complexity index is 1010. The van der Waals surface area contributed by atoms with Gasteiger partial charge in [-0.05, 0) is 26.7 Å². The van der Waals surface area contributed by atoms with Crippen LogP contribution >= 0.6 is 0 Å². The zero-order valence-corrected chi connectivity index (χ0v) is 16.8. The van der Waals surface area contributed by atoms with Crippen LogP contribution in [0.3, 0.4) is 0 Å². The maximum Gasteiger partial charge on any atom is 0.245 e. The summed E-state index contributed by atoms with van der Waals surface area (Å²) < 4.78 is 0. The fraction of sp³-hybridized carbons (Fsp3) is 0.304. The molecule has 0 saturated carbocycles. The van der Waals surface area contributed by atoms with E-state index in [-0.39, 0.29) is 11.8 Å². The molecule has 0 atom stereocenters. The second-order valence-corrected chi connectivity index (χ2v) is 7.70. The molecular formula is C23H25N5O. The average Bonchev–Trinajstić information content (AvgIpc) is 2.75. The molecule has 0 bridgehead atoms. The van der Waals surface area contributed by atoms with E-state index in [9.17, 15) is 4.79 Å². The lowest BCUT2D eigenvalue weighted by atomic mass is 9.96. The van der Waals surface area contributed by atoms with Crippen molar-refractivity contribution < 1.29 is 4.79 Å². The minimum absolute atomic E-state index is 0.0670. The molecule has 6 heteroatoms. The number of anilines is 1. The molecule has 1 aliphatic heterocycles. The first-order valence-corrected chi connectivity index (χ1v) is 9.94. The predicted octanol–water partition coefficient (Wildman–Crippen LogP) is 3.52. The highest BCUT2D eigenvalue weighted by molar-refractivity contribution is 5.78. The summed E-state index contributed by atoms with van der Waals surface area (Å²) in [6.07, 6.45) is 1.44. The number of benzene rings is 2. The molecule has 0 unspecified atom stereocenters. The Hall–Kier alpha value is -3.28. The van der Waals surface area contributed by atoms with Crippen molar-refractivity contribution in [1.82, 2.24) is 15.2 Å². The lowest BCUT2D eigenvalue weighted by molar-refractivity contribution is -0.122. The summed E-state index contributed by atoms with van der Waals surface area (Å²) in [4.78, 5) is 18.4. The summed E-state index contributed by atoms with van der Waals surface area (Å²) in [6.45, 7) is 5.53. The number of carbonyl (C=O) groups excluding carboxylic acids is 1. The summed E-state index contributed by atoms with van der Waals surface area (Å²) in [5.74, 6) is 0.306. The first-order valence-electron chi connectivity index (χ1n) is 9.94. The van der Waals surface area contributed by atoms with Crippen molar-refractivity contribution in [3.63, 3.8) is 0 Å². The molecule has 6 nitrogen and oxygen atoms in total. The summed E-state index contributed by atoms with van der Waals surface area (Å²) >= 11 is 0. The number of nitrogens with two attached hydrogens (primary N) is 1. The van der Waals surface area contributed by atoms with Crippen LogP contribution in [-0.4, -0.2) is 34.2 Å². The van der Waals surface area contributed by atoms with Gasteiger partial charge >= 0.3 is 0 Å². The molecule has 1 aliphatic rings. The zero-order chi connectivity index (χ0) is 20.4. The fourth-order valence-electron chi connectivity index (χ4n) is 3.63. The van der Waals surface area contributed by atoms with Gasteiger partial charge in [0.15, 0.2) is 0 Å². The third-order valence-electron chi connectivity index (χ3n) is 5.51. The molecule has 0 radical (unpaired) electrons. The number of primary amides is 1. The molecule has 1 aromatic heterocycles. The van der Waals surface area contributed by atoms with Gasteiger partial charge in [0.05, 0.1) is 0 Å². The number of aromatic nitrogens is 3. The molecule has 2 aromatic carbocycles. The Morgan fingerprint density at radius 1 is 0.862 bits per heavy atom. The standard InChI is InChI=1S/C23H25N5O/c1-15-3-7-17(8-4-15)20-21(18-9-5-16(2)6-10-18)26-27-23(25-20)28-13-11-19(12-14-28)22(24)29/h3-10,19H,11-14H2,1-2H3,(H2,24,29). The van der Waals surface area contributed by atoms with E-state index in [1.807, 2.05) is 0 Å². The van der Waals surface area contributed by atoms with E-state index < -0.39 is 0 Å². The Kier molecular flexibility index (Phi) is 5.25. The topological polar surface area (TPSA) is 85.0 Å². The van der Waals surface area contributed by atoms with Crippen LogP contribution in [0.4, 0.5) is 5.95 Å². The number of amides is 1. The van der Waals surface area contributed by atoms with Gasteiger partial charge in [-0.25, -0.2) is 4.98 Å². The maximum atomic E-state index is 11.4. The molecule has 1 saturated heterocycles. The van der Waals surface area contributed by atoms with Gasteiger partial charge in [0.25, 0.3) is 0 Å². The first kappa shape index (κ1) is 19.1. The lowest BCUT2D eigenvalue weighted by Crippen LogP contribution is -2.39. The number of hydrogen-bond donors (Lipinski definition) is 1. The zero-order valence-electron chi connectivity index (χ0n) is 16.8. The van der Waals surface area contributed by atoms with Gasteiger partial charge in [-0.1, -0.05) is 59.7 Å². The highest BCUT2D eigenvalue weighted by Crippen LogP contribution is 2.31. The van der Waals surface area contributed by atoms with E-state index in [4.69, 9.17) is 10.7 Å². The number of carbonyl (C=O) groups is 1. The van der Waals surface area contributed by atoms with Gasteiger partial charge in [0, 0.05) is 30.1 Å². The second kappa shape index (κ2) is 7.99. The fourth-order valence-corrected chi connectivity index (χ4v) is 3.63. The van der Waals surface area contributed by atoms with Crippen LogP contribution in [-0.2, 0) is 4.79 Å².